The second-order valence-electron chi connectivity index (χ2n) is 11.1. The lowest BCUT2D eigenvalue weighted by atomic mass is 9.94. The first-order chi connectivity index (χ1) is 20.1. The monoisotopic (exact) mass is 565 g/mol. The zero-order valence-corrected chi connectivity index (χ0v) is 25.3. The highest BCUT2D eigenvalue weighted by atomic mass is 19.1. The number of aromatic nitrogens is 1. The van der Waals surface area contributed by atoms with Gasteiger partial charge in [-0.25, -0.2) is 4.39 Å². The first-order valence-electron chi connectivity index (χ1n) is 14.5. The van der Waals surface area contributed by atoms with Crippen molar-refractivity contribution in [1.82, 2.24) is 9.88 Å². The third kappa shape index (κ3) is 7.12. The molecular weight excluding hydrogens is 525 g/mol. The largest absolute Gasteiger partial charge is 0.354 e. The highest BCUT2D eigenvalue weighted by Crippen LogP contribution is 2.27. The standard InChI is InChI=1S/C36H40FN3O2/c1-7-8-31(21-38-6)39-33-15-16-34(32-17-24(4)9-10-25(32)5)40(36(33)42)22-26-18-28(23(2)3)20-29(19-26)35(41)27-11-13-30(37)14-12-27/h8-20,23,38-39H,7,21-22H2,1-6H3. The number of nitrogens with one attached hydrogen (secondary N) is 2. The molecule has 0 fully saturated rings. The lowest BCUT2D eigenvalue weighted by Gasteiger charge is -2.19. The van der Waals surface area contributed by atoms with Crippen LogP contribution in [0, 0.1) is 19.7 Å². The van der Waals surface area contributed by atoms with Gasteiger partial charge in [-0.3, -0.25) is 9.59 Å². The number of carbonyl (C=O) groups excluding carboxylic acids is 1. The zero-order chi connectivity index (χ0) is 30.4. The van der Waals surface area contributed by atoms with Gasteiger partial charge in [0.15, 0.2) is 5.78 Å². The van der Waals surface area contributed by atoms with Crippen molar-refractivity contribution in [3.8, 4) is 11.3 Å². The second-order valence-corrected chi connectivity index (χ2v) is 11.1. The molecule has 0 bridgehead atoms. The van der Waals surface area contributed by atoms with Crippen LogP contribution < -0.4 is 16.2 Å². The van der Waals surface area contributed by atoms with Gasteiger partial charge >= 0.3 is 0 Å². The number of hydrogen-bond donors (Lipinski definition) is 2. The van der Waals surface area contributed by atoms with E-state index in [0.717, 1.165) is 45.6 Å². The Morgan fingerprint density at radius 3 is 2.36 bits per heavy atom. The Morgan fingerprint density at radius 2 is 1.69 bits per heavy atom. The normalized spacial score (nSPS) is 11.7. The summed E-state index contributed by atoms with van der Waals surface area (Å²) in [6.07, 6.45) is 2.91. The molecule has 0 amide bonds. The lowest BCUT2D eigenvalue weighted by molar-refractivity contribution is 0.103. The van der Waals surface area contributed by atoms with Gasteiger partial charge in [0.2, 0.25) is 0 Å². The fraction of sp³-hybridized carbons (Fsp3) is 0.278. The van der Waals surface area contributed by atoms with E-state index in [0.29, 0.717) is 23.4 Å². The topological polar surface area (TPSA) is 63.1 Å². The van der Waals surface area contributed by atoms with Crippen molar-refractivity contribution >= 4 is 11.5 Å². The minimum atomic E-state index is -0.387. The molecule has 0 unspecified atom stereocenters. The number of rotatable bonds is 11. The van der Waals surface area contributed by atoms with Crippen molar-refractivity contribution in [2.45, 2.75) is 53.5 Å². The van der Waals surface area contributed by atoms with Crippen LogP contribution >= 0.6 is 0 Å². The number of likely N-dealkylation sites (N-methyl/N-ethyl adjacent to an activating group) is 1. The number of pyridine rings is 1. The molecule has 1 heterocycles. The van der Waals surface area contributed by atoms with Gasteiger partial charge in [0.25, 0.3) is 5.56 Å². The van der Waals surface area contributed by atoms with E-state index in [-0.39, 0.29) is 29.6 Å². The third-order valence-corrected chi connectivity index (χ3v) is 7.35. The predicted octanol–water partition coefficient (Wildman–Crippen LogP) is 7.60. The molecule has 0 spiro atoms. The SMILES string of the molecule is CCC=C(CNC)Nc1ccc(-c2cc(C)ccc2C)n(Cc2cc(C(=O)c3ccc(F)cc3)cc(C(C)C)c2)c1=O. The van der Waals surface area contributed by atoms with E-state index in [9.17, 15) is 14.0 Å². The minimum Gasteiger partial charge on any atom is -0.354 e. The van der Waals surface area contributed by atoms with Crippen LogP contribution in [0.5, 0.6) is 0 Å². The van der Waals surface area contributed by atoms with Crippen LogP contribution in [0.1, 0.15) is 71.3 Å². The Bertz CT molecular complexity index is 1670. The maximum absolute atomic E-state index is 14.1. The van der Waals surface area contributed by atoms with E-state index in [1.165, 1.54) is 24.3 Å². The fourth-order valence-corrected chi connectivity index (χ4v) is 5.08. The van der Waals surface area contributed by atoms with Crippen molar-refractivity contribution < 1.29 is 9.18 Å². The summed E-state index contributed by atoms with van der Waals surface area (Å²) in [6.45, 7) is 11.2. The molecule has 2 N–H and O–H groups in total. The molecule has 0 saturated heterocycles. The Balaban J connectivity index is 1.87. The Morgan fingerprint density at radius 1 is 0.952 bits per heavy atom. The number of hydrogen-bond acceptors (Lipinski definition) is 4. The maximum atomic E-state index is 14.1. The molecule has 0 aliphatic rings. The quantitative estimate of drug-likeness (QED) is 0.184. The molecule has 0 radical (unpaired) electrons. The van der Waals surface area contributed by atoms with Gasteiger partial charge < -0.3 is 15.2 Å². The highest BCUT2D eigenvalue weighted by molar-refractivity contribution is 6.09. The van der Waals surface area contributed by atoms with Gasteiger partial charge in [-0.05, 0) is 105 Å². The van der Waals surface area contributed by atoms with Gasteiger partial charge in [-0.1, -0.05) is 50.6 Å². The first-order valence-corrected chi connectivity index (χ1v) is 14.5. The molecule has 6 heteroatoms. The van der Waals surface area contributed by atoms with E-state index in [4.69, 9.17) is 0 Å². The Labute approximate surface area is 248 Å². The molecule has 1 aromatic heterocycles. The summed E-state index contributed by atoms with van der Waals surface area (Å²) >= 11 is 0. The number of ketones is 1. The summed E-state index contributed by atoms with van der Waals surface area (Å²) in [5.41, 5.74) is 8.01. The van der Waals surface area contributed by atoms with Gasteiger partial charge in [-0.15, -0.1) is 0 Å². The summed E-state index contributed by atoms with van der Waals surface area (Å²) in [5.74, 6) is -0.407. The third-order valence-electron chi connectivity index (χ3n) is 7.35. The molecular formula is C36H40FN3O2. The summed E-state index contributed by atoms with van der Waals surface area (Å²) in [4.78, 5) is 27.6. The number of carbonyl (C=O) groups is 1. The minimum absolute atomic E-state index is 0.145. The van der Waals surface area contributed by atoms with E-state index in [2.05, 4.69) is 61.7 Å². The molecule has 0 atom stereocenters. The van der Waals surface area contributed by atoms with E-state index >= 15 is 0 Å². The number of allylic oxidation sites excluding steroid dienone is 1. The zero-order valence-electron chi connectivity index (χ0n) is 25.3. The summed E-state index contributed by atoms with van der Waals surface area (Å²) < 4.78 is 15.3. The molecule has 0 aliphatic heterocycles. The van der Waals surface area contributed by atoms with Crippen LogP contribution in [0.15, 0.2) is 89.4 Å². The van der Waals surface area contributed by atoms with Crippen LogP contribution in [0.3, 0.4) is 0 Å². The van der Waals surface area contributed by atoms with Crippen LogP contribution in [0.2, 0.25) is 0 Å². The molecule has 42 heavy (non-hydrogen) atoms. The van der Waals surface area contributed by atoms with Gasteiger partial charge in [0.1, 0.15) is 11.5 Å². The average molecular weight is 566 g/mol. The fourth-order valence-electron chi connectivity index (χ4n) is 5.08. The Hall–Kier alpha value is -4.29. The molecule has 4 rings (SSSR count). The van der Waals surface area contributed by atoms with Crippen molar-refractivity contribution in [2.24, 2.45) is 0 Å². The van der Waals surface area contributed by atoms with Crippen molar-refractivity contribution in [2.75, 3.05) is 18.9 Å². The van der Waals surface area contributed by atoms with Gasteiger partial charge in [-0.2, -0.15) is 0 Å². The summed E-state index contributed by atoms with van der Waals surface area (Å²) in [6, 6.07) is 21.5. The molecule has 218 valence electrons. The number of halogens is 1. The smallest absolute Gasteiger partial charge is 0.275 e. The maximum Gasteiger partial charge on any atom is 0.275 e. The molecule has 5 nitrogen and oxygen atoms in total. The van der Waals surface area contributed by atoms with E-state index in [1.54, 1.807) is 4.57 Å². The van der Waals surface area contributed by atoms with Crippen molar-refractivity contribution in [3.05, 3.63) is 134 Å². The number of aryl methyl sites for hydroxylation is 2. The van der Waals surface area contributed by atoms with Crippen LogP contribution in [0.4, 0.5) is 10.1 Å². The average Bonchev–Trinajstić information content (AvgIpc) is 2.96. The van der Waals surface area contributed by atoms with Crippen molar-refractivity contribution in [1.29, 1.82) is 0 Å². The number of nitrogens with zero attached hydrogens (tertiary/aromatic N) is 1. The predicted molar refractivity (Wildman–Crippen MR) is 171 cm³/mol. The molecule has 0 saturated carbocycles. The van der Waals surface area contributed by atoms with Crippen molar-refractivity contribution in [3.63, 3.8) is 0 Å². The van der Waals surface area contributed by atoms with Crippen LogP contribution in [-0.2, 0) is 6.54 Å². The molecule has 0 aliphatic carbocycles. The molecule has 4 aromatic rings. The van der Waals surface area contributed by atoms with E-state index < -0.39 is 0 Å². The van der Waals surface area contributed by atoms with Gasteiger partial charge in [0.05, 0.1) is 12.2 Å². The van der Waals surface area contributed by atoms with Crippen LogP contribution in [0.25, 0.3) is 11.3 Å². The number of benzene rings is 3. The molecule has 3 aromatic carbocycles. The summed E-state index contributed by atoms with van der Waals surface area (Å²) in [5, 5.41) is 6.50. The van der Waals surface area contributed by atoms with Crippen LogP contribution in [-0.4, -0.2) is 23.9 Å². The summed E-state index contributed by atoms with van der Waals surface area (Å²) in [7, 11) is 1.87. The Kier molecular flexibility index (Phi) is 9.92. The lowest BCUT2D eigenvalue weighted by Crippen LogP contribution is -2.27. The number of anilines is 1. The first kappa shape index (κ1) is 30.7. The van der Waals surface area contributed by atoms with Gasteiger partial charge in [0, 0.05) is 28.9 Å². The second kappa shape index (κ2) is 13.6. The van der Waals surface area contributed by atoms with E-state index in [1.807, 2.05) is 45.2 Å². The highest BCUT2D eigenvalue weighted by Gasteiger charge is 2.17.